The number of rotatable bonds is 4. The molecule has 0 bridgehead atoms. The molecule has 1 aromatic heterocycles. The zero-order chi connectivity index (χ0) is 14.0. The molecule has 0 unspecified atom stereocenters. The lowest BCUT2D eigenvalue weighted by atomic mass is 10.2. The molecule has 0 spiro atoms. The van der Waals surface area contributed by atoms with Crippen LogP contribution < -0.4 is 0 Å². The highest BCUT2D eigenvalue weighted by molar-refractivity contribution is 6.31. The fourth-order valence-corrected chi connectivity index (χ4v) is 2.30. The molecule has 1 heterocycles. The first kappa shape index (κ1) is 14.2. The van der Waals surface area contributed by atoms with E-state index in [0.717, 1.165) is 0 Å². The van der Waals surface area contributed by atoms with Crippen LogP contribution in [0, 0.1) is 5.82 Å². The highest BCUT2D eigenvalue weighted by Gasteiger charge is 2.22. The largest absolute Gasteiger partial charge is 0.282 e. The third-order valence-electron chi connectivity index (χ3n) is 2.57. The second-order valence-corrected chi connectivity index (χ2v) is 4.50. The Labute approximate surface area is 117 Å². The third-order valence-corrected chi connectivity index (χ3v) is 3.27. The van der Waals surface area contributed by atoms with Crippen LogP contribution in [0.5, 0.6) is 0 Å². The van der Waals surface area contributed by atoms with Crippen LogP contribution >= 0.6 is 23.2 Å². The normalized spacial score (nSPS) is 11.3. The van der Waals surface area contributed by atoms with Crippen LogP contribution in [0.3, 0.4) is 0 Å². The smallest absolute Gasteiger partial charge is 0.249 e. The van der Waals surface area contributed by atoms with Crippen molar-refractivity contribution in [2.24, 2.45) is 0 Å². The van der Waals surface area contributed by atoms with Crippen molar-refractivity contribution in [2.75, 3.05) is 0 Å². The molecule has 0 amide bonds. The van der Waals surface area contributed by atoms with Crippen LogP contribution in [0.1, 0.15) is 23.2 Å². The molecule has 0 fully saturated rings. The average molecular weight is 309 g/mol. The van der Waals surface area contributed by atoms with E-state index in [-0.39, 0.29) is 23.1 Å². The SMILES string of the molecule is Fc1cccc(Cn2nc(C(F)F)c(CCl)c2Cl)c1. The zero-order valence-electron chi connectivity index (χ0n) is 9.59. The van der Waals surface area contributed by atoms with Gasteiger partial charge in [0.05, 0.1) is 12.4 Å². The number of benzene rings is 1. The van der Waals surface area contributed by atoms with Gasteiger partial charge in [-0.3, -0.25) is 0 Å². The van der Waals surface area contributed by atoms with Crippen molar-refractivity contribution < 1.29 is 13.2 Å². The minimum Gasteiger partial charge on any atom is -0.249 e. The molecule has 102 valence electrons. The Morgan fingerprint density at radius 2 is 2.05 bits per heavy atom. The maximum Gasteiger partial charge on any atom is 0.282 e. The predicted octanol–water partition coefficient (Wildman–Crippen LogP) is 4.40. The summed E-state index contributed by atoms with van der Waals surface area (Å²) in [6, 6.07) is 5.77. The lowest BCUT2D eigenvalue weighted by Gasteiger charge is -2.03. The molecule has 2 nitrogen and oxygen atoms in total. The molecule has 0 aliphatic carbocycles. The summed E-state index contributed by atoms with van der Waals surface area (Å²) in [4.78, 5) is 0. The number of hydrogen-bond acceptors (Lipinski definition) is 1. The maximum atomic E-state index is 13.0. The van der Waals surface area contributed by atoms with Crippen molar-refractivity contribution in [2.45, 2.75) is 18.9 Å². The predicted molar refractivity (Wildman–Crippen MR) is 67.3 cm³/mol. The van der Waals surface area contributed by atoms with Gasteiger partial charge in [-0.2, -0.15) is 5.10 Å². The van der Waals surface area contributed by atoms with Crippen LogP contribution in [0.15, 0.2) is 24.3 Å². The highest BCUT2D eigenvalue weighted by atomic mass is 35.5. The van der Waals surface area contributed by atoms with E-state index in [2.05, 4.69) is 5.10 Å². The molecule has 19 heavy (non-hydrogen) atoms. The fraction of sp³-hybridized carbons (Fsp3) is 0.250. The molecule has 0 saturated carbocycles. The summed E-state index contributed by atoms with van der Waals surface area (Å²) in [6.45, 7) is 0.104. The molecule has 7 heteroatoms. The Hall–Kier alpha value is -1.20. The summed E-state index contributed by atoms with van der Waals surface area (Å²) >= 11 is 11.5. The van der Waals surface area contributed by atoms with Crippen molar-refractivity contribution in [1.82, 2.24) is 9.78 Å². The van der Waals surface area contributed by atoms with Crippen LogP contribution in [-0.2, 0) is 12.4 Å². The van der Waals surface area contributed by atoms with Crippen LogP contribution in [-0.4, -0.2) is 9.78 Å². The molecule has 0 aliphatic heterocycles. The number of halogens is 5. The zero-order valence-corrected chi connectivity index (χ0v) is 11.1. The van der Waals surface area contributed by atoms with E-state index in [9.17, 15) is 13.2 Å². The fourth-order valence-electron chi connectivity index (χ4n) is 1.71. The minimum absolute atomic E-state index is 0.0505. The molecular weight excluding hydrogens is 300 g/mol. The lowest BCUT2D eigenvalue weighted by molar-refractivity contribution is 0.144. The van der Waals surface area contributed by atoms with Gasteiger partial charge < -0.3 is 0 Å². The first-order valence-corrected chi connectivity index (χ1v) is 6.27. The van der Waals surface area contributed by atoms with Gasteiger partial charge in [-0.1, -0.05) is 23.7 Å². The number of nitrogens with zero attached hydrogens (tertiary/aromatic N) is 2. The summed E-state index contributed by atoms with van der Waals surface area (Å²) in [5, 5.41) is 3.78. The standard InChI is InChI=1S/C12H9Cl2F3N2/c13-5-9-10(12(16)17)18-19(11(9)14)6-7-2-1-3-8(15)4-7/h1-4,12H,5-6H2. The molecular formula is C12H9Cl2F3N2. The van der Waals surface area contributed by atoms with E-state index in [1.807, 2.05) is 0 Å². The molecule has 0 saturated heterocycles. The average Bonchev–Trinajstić information content (AvgIpc) is 2.66. The van der Waals surface area contributed by atoms with Crippen LogP contribution in [0.4, 0.5) is 13.2 Å². The Morgan fingerprint density at radius 1 is 1.32 bits per heavy atom. The quantitative estimate of drug-likeness (QED) is 0.765. The third kappa shape index (κ3) is 3.04. The van der Waals surface area contributed by atoms with E-state index >= 15 is 0 Å². The molecule has 2 rings (SSSR count). The molecule has 0 aliphatic rings. The molecule has 1 aromatic carbocycles. The summed E-state index contributed by atoms with van der Waals surface area (Å²) in [5.41, 5.74) is 0.248. The van der Waals surface area contributed by atoms with E-state index in [0.29, 0.717) is 5.56 Å². The molecule has 0 N–H and O–H groups in total. The van der Waals surface area contributed by atoms with Gasteiger partial charge in [0.25, 0.3) is 6.43 Å². The van der Waals surface area contributed by atoms with E-state index < -0.39 is 17.9 Å². The molecule has 2 aromatic rings. The van der Waals surface area contributed by atoms with E-state index in [4.69, 9.17) is 23.2 Å². The van der Waals surface area contributed by atoms with Gasteiger partial charge >= 0.3 is 0 Å². The van der Waals surface area contributed by atoms with Gasteiger partial charge in [0.2, 0.25) is 0 Å². The number of hydrogen-bond donors (Lipinski definition) is 0. The summed E-state index contributed by atoms with van der Waals surface area (Å²) < 4.78 is 39.8. The van der Waals surface area contributed by atoms with Gasteiger partial charge in [-0.25, -0.2) is 17.9 Å². The summed E-state index contributed by atoms with van der Waals surface area (Å²) in [6.07, 6.45) is -2.75. The number of alkyl halides is 3. The Morgan fingerprint density at radius 3 is 2.58 bits per heavy atom. The monoisotopic (exact) mass is 308 g/mol. The molecule has 0 atom stereocenters. The second-order valence-electron chi connectivity index (χ2n) is 3.88. The van der Waals surface area contributed by atoms with Crippen molar-refractivity contribution in [3.8, 4) is 0 Å². The van der Waals surface area contributed by atoms with Crippen LogP contribution in [0.2, 0.25) is 5.15 Å². The Kier molecular flexibility index (Phi) is 4.37. The summed E-state index contributed by atoms with van der Waals surface area (Å²) in [5.74, 6) is -0.561. The van der Waals surface area contributed by atoms with Crippen LogP contribution in [0.25, 0.3) is 0 Å². The molecule has 0 radical (unpaired) electrons. The van der Waals surface area contributed by atoms with E-state index in [1.165, 1.54) is 22.9 Å². The van der Waals surface area contributed by atoms with Crippen molar-refractivity contribution in [1.29, 1.82) is 0 Å². The lowest BCUT2D eigenvalue weighted by Crippen LogP contribution is -2.03. The minimum atomic E-state index is -2.75. The van der Waals surface area contributed by atoms with Gasteiger partial charge in [0.1, 0.15) is 16.7 Å². The van der Waals surface area contributed by atoms with E-state index in [1.54, 1.807) is 6.07 Å². The van der Waals surface area contributed by atoms with Gasteiger partial charge in [-0.15, -0.1) is 11.6 Å². The van der Waals surface area contributed by atoms with Gasteiger partial charge in [-0.05, 0) is 17.7 Å². The first-order valence-electron chi connectivity index (χ1n) is 5.36. The van der Waals surface area contributed by atoms with Crippen molar-refractivity contribution >= 4 is 23.2 Å². The van der Waals surface area contributed by atoms with Gasteiger partial charge in [0.15, 0.2) is 0 Å². The van der Waals surface area contributed by atoms with Crippen molar-refractivity contribution in [3.05, 3.63) is 52.1 Å². The highest BCUT2D eigenvalue weighted by Crippen LogP contribution is 2.29. The Balaban J connectivity index is 2.35. The summed E-state index contributed by atoms with van der Waals surface area (Å²) in [7, 11) is 0. The number of aromatic nitrogens is 2. The van der Waals surface area contributed by atoms with Gasteiger partial charge in [0, 0.05) is 5.56 Å². The first-order chi connectivity index (χ1) is 9.02. The van der Waals surface area contributed by atoms with Crippen molar-refractivity contribution in [3.63, 3.8) is 0 Å². The Bertz CT molecular complexity index is 584. The topological polar surface area (TPSA) is 17.8 Å². The maximum absolute atomic E-state index is 13.0. The second kappa shape index (κ2) is 5.84.